The van der Waals surface area contributed by atoms with Crippen molar-refractivity contribution in [1.29, 1.82) is 5.26 Å². The van der Waals surface area contributed by atoms with E-state index in [0.717, 1.165) is 6.07 Å². The summed E-state index contributed by atoms with van der Waals surface area (Å²) in [7, 11) is 0. The molecule has 5 nitrogen and oxygen atoms in total. The van der Waals surface area contributed by atoms with Crippen molar-refractivity contribution in [2.45, 2.75) is 25.6 Å². The van der Waals surface area contributed by atoms with E-state index >= 15 is 0 Å². The number of nitriles is 1. The third kappa shape index (κ3) is 4.19. The molecule has 0 amide bonds. The van der Waals surface area contributed by atoms with Gasteiger partial charge in [-0.1, -0.05) is 6.07 Å². The van der Waals surface area contributed by atoms with Gasteiger partial charge in [-0.3, -0.25) is 0 Å². The van der Waals surface area contributed by atoms with E-state index in [1.807, 2.05) is 6.07 Å². The molecule has 0 saturated heterocycles. The highest BCUT2D eigenvalue weighted by molar-refractivity contribution is 5.74. The van der Waals surface area contributed by atoms with Crippen LogP contribution < -0.4 is 4.74 Å². The molecule has 19 heavy (non-hydrogen) atoms. The average molecular weight is 271 g/mol. The van der Waals surface area contributed by atoms with Crippen molar-refractivity contribution >= 4 is 5.97 Å². The molecule has 7 heteroatoms. The molecule has 0 spiro atoms. The minimum absolute atomic E-state index is 0.0436. The van der Waals surface area contributed by atoms with Gasteiger partial charge in [-0.25, -0.2) is 4.79 Å². The fourth-order valence-electron chi connectivity index (χ4n) is 1.51. The fourth-order valence-corrected chi connectivity index (χ4v) is 1.51. The number of carbonyl (C=O) groups is 1. The fraction of sp³-hybridized carbons (Fsp3) is 0.333. The number of benzene rings is 1. The van der Waals surface area contributed by atoms with Gasteiger partial charge in [0.05, 0.1) is 6.07 Å². The number of rotatable bonds is 6. The number of aryl methyl sites for hydroxylation is 1. The number of aliphatic hydroxyl groups is 1. The lowest BCUT2D eigenvalue weighted by Crippen LogP contribution is -2.11. The Balaban J connectivity index is 3.07. The Morgan fingerprint density at radius 3 is 2.68 bits per heavy atom. The van der Waals surface area contributed by atoms with E-state index in [0.29, 0.717) is 0 Å². The summed E-state index contributed by atoms with van der Waals surface area (Å²) >= 11 is 0. The third-order valence-corrected chi connectivity index (χ3v) is 2.36. The molecule has 0 saturated carbocycles. The molecular weight excluding hydrogens is 260 g/mol. The number of alkyl halides is 2. The molecule has 1 aromatic rings. The number of ether oxygens (including phenoxy) is 1. The van der Waals surface area contributed by atoms with Crippen LogP contribution in [0.3, 0.4) is 0 Å². The summed E-state index contributed by atoms with van der Waals surface area (Å²) in [5.41, 5.74) is 0.293. The van der Waals surface area contributed by atoms with E-state index in [1.54, 1.807) is 0 Å². The zero-order valence-corrected chi connectivity index (χ0v) is 9.72. The van der Waals surface area contributed by atoms with Crippen molar-refractivity contribution in [3.63, 3.8) is 0 Å². The van der Waals surface area contributed by atoms with Crippen molar-refractivity contribution in [3.05, 3.63) is 29.3 Å². The number of carboxylic acids is 1. The number of carboxylic acid groups (broad SMARTS) is 1. The second-order valence-corrected chi connectivity index (χ2v) is 3.64. The van der Waals surface area contributed by atoms with Gasteiger partial charge in [0, 0.05) is 6.42 Å². The maximum Gasteiger partial charge on any atom is 0.387 e. The topological polar surface area (TPSA) is 90.5 Å². The lowest BCUT2D eigenvalue weighted by molar-refractivity contribution is -0.146. The Morgan fingerprint density at radius 2 is 2.16 bits per heavy atom. The number of nitrogens with zero attached hydrogens (tertiary/aromatic N) is 1. The normalized spacial score (nSPS) is 11.9. The smallest absolute Gasteiger partial charge is 0.387 e. The first kappa shape index (κ1) is 14.9. The highest BCUT2D eigenvalue weighted by Gasteiger charge is 2.18. The summed E-state index contributed by atoms with van der Waals surface area (Å²) in [6.45, 7) is -3.02. The molecule has 0 aromatic heterocycles. The lowest BCUT2D eigenvalue weighted by Gasteiger charge is -2.13. The number of hydrogen-bond acceptors (Lipinski definition) is 4. The van der Waals surface area contributed by atoms with Gasteiger partial charge in [-0.15, -0.1) is 0 Å². The van der Waals surface area contributed by atoms with Crippen LogP contribution in [0.5, 0.6) is 5.75 Å². The van der Waals surface area contributed by atoms with Gasteiger partial charge in [0.25, 0.3) is 0 Å². The van der Waals surface area contributed by atoms with Crippen molar-refractivity contribution in [3.8, 4) is 11.8 Å². The zero-order chi connectivity index (χ0) is 14.4. The molecule has 2 N–H and O–H groups in total. The first-order valence-corrected chi connectivity index (χ1v) is 5.31. The van der Waals surface area contributed by atoms with Crippen LogP contribution >= 0.6 is 0 Å². The lowest BCUT2D eigenvalue weighted by atomic mass is 10.0. The van der Waals surface area contributed by atoms with Crippen LogP contribution in [0.25, 0.3) is 0 Å². The van der Waals surface area contributed by atoms with Crippen molar-refractivity contribution in [1.82, 2.24) is 0 Å². The highest BCUT2D eigenvalue weighted by Crippen LogP contribution is 2.26. The van der Waals surface area contributed by atoms with Crippen LogP contribution in [-0.4, -0.2) is 22.8 Å². The predicted octanol–water partition coefficient (Wildman–Crippen LogP) is 1.86. The van der Waals surface area contributed by atoms with Gasteiger partial charge in [-0.05, 0) is 29.7 Å². The first-order chi connectivity index (χ1) is 8.95. The van der Waals surface area contributed by atoms with E-state index in [9.17, 15) is 18.7 Å². The van der Waals surface area contributed by atoms with Gasteiger partial charge in [0.1, 0.15) is 5.75 Å². The first-order valence-electron chi connectivity index (χ1n) is 5.31. The van der Waals surface area contributed by atoms with Gasteiger partial charge in [0.2, 0.25) is 0 Å². The minimum Gasteiger partial charge on any atom is -0.479 e. The summed E-state index contributed by atoms with van der Waals surface area (Å²) in [6.07, 6.45) is -1.56. The van der Waals surface area contributed by atoms with Crippen molar-refractivity contribution in [2.24, 2.45) is 0 Å². The average Bonchev–Trinajstić information content (AvgIpc) is 2.36. The molecular formula is C12H11F2NO4. The summed E-state index contributed by atoms with van der Waals surface area (Å²) in [5.74, 6) is -1.58. The van der Waals surface area contributed by atoms with Crippen molar-refractivity contribution < 1.29 is 28.5 Å². The van der Waals surface area contributed by atoms with E-state index < -0.39 is 18.7 Å². The van der Waals surface area contributed by atoms with Crippen LogP contribution in [0.4, 0.5) is 8.78 Å². The molecule has 0 aliphatic carbocycles. The van der Waals surface area contributed by atoms with E-state index in [-0.39, 0.29) is 29.7 Å². The Kier molecular flexibility index (Phi) is 5.21. The molecule has 0 radical (unpaired) electrons. The second kappa shape index (κ2) is 6.66. The summed E-state index contributed by atoms with van der Waals surface area (Å²) < 4.78 is 28.6. The van der Waals surface area contributed by atoms with E-state index in [1.165, 1.54) is 12.1 Å². The number of halogens is 2. The van der Waals surface area contributed by atoms with Crippen LogP contribution in [0.1, 0.15) is 23.7 Å². The number of aliphatic carboxylic acids is 1. The monoisotopic (exact) mass is 271 g/mol. The van der Waals surface area contributed by atoms with Crippen LogP contribution in [0, 0.1) is 11.3 Å². The quantitative estimate of drug-likeness (QED) is 0.824. The van der Waals surface area contributed by atoms with Crippen LogP contribution in [0.15, 0.2) is 18.2 Å². The van der Waals surface area contributed by atoms with E-state index in [2.05, 4.69) is 4.74 Å². The van der Waals surface area contributed by atoms with Gasteiger partial charge in [0.15, 0.2) is 6.10 Å². The molecule has 1 unspecified atom stereocenters. The van der Waals surface area contributed by atoms with E-state index in [4.69, 9.17) is 10.4 Å². The SMILES string of the molecule is N#CCCc1cc(C(O)C(=O)O)ccc1OC(F)F. The Hall–Kier alpha value is -2.20. The Morgan fingerprint density at radius 1 is 1.47 bits per heavy atom. The predicted molar refractivity (Wildman–Crippen MR) is 59.6 cm³/mol. The van der Waals surface area contributed by atoms with Crippen LogP contribution in [0.2, 0.25) is 0 Å². The summed E-state index contributed by atoms with van der Waals surface area (Å²) in [6, 6.07) is 5.43. The maximum absolute atomic E-state index is 12.2. The molecule has 102 valence electrons. The standard InChI is InChI=1S/C12H11F2NO4/c13-12(14)19-9-4-3-8(10(16)11(17)18)6-7(9)2-1-5-15/h3-4,6,10,12,16H,1-2H2,(H,17,18). The number of hydrogen-bond donors (Lipinski definition) is 2. The van der Waals surface area contributed by atoms with Crippen LogP contribution in [-0.2, 0) is 11.2 Å². The molecule has 1 aromatic carbocycles. The Bertz CT molecular complexity index is 499. The largest absolute Gasteiger partial charge is 0.479 e. The molecule has 1 rings (SSSR count). The summed E-state index contributed by atoms with van der Waals surface area (Å²) in [4.78, 5) is 10.6. The van der Waals surface area contributed by atoms with Gasteiger partial charge in [-0.2, -0.15) is 14.0 Å². The molecule has 0 fully saturated rings. The maximum atomic E-state index is 12.2. The summed E-state index contributed by atoms with van der Waals surface area (Å²) in [5, 5.41) is 26.5. The highest BCUT2D eigenvalue weighted by atomic mass is 19.3. The molecule has 0 heterocycles. The Labute approximate surface area is 107 Å². The van der Waals surface area contributed by atoms with Crippen molar-refractivity contribution in [2.75, 3.05) is 0 Å². The second-order valence-electron chi connectivity index (χ2n) is 3.64. The third-order valence-electron chi connectivity index (χ3n) is 2.36. The molecule has 0 aliphatic rings. The molecule has 0 aliphatic heterocycles. The molecule has 0 bridgehead atoms. The zero-order valence-electron chi connectivity index (χ0n) is 9.72. The number of aliphatic hydroxyl groups excluding tert-OH is 1. The minimum atomic E-state index is -3.02. The molecule has 1 atom stereocenters. The van der Waals surface area contributed by atoms with Gasteiger partial charge < -0.3 is 14.9 Å². The van der Waals surface area contributed by atoms with Gasteiger partial charge >= 0.3 is 12.6 Å².